The maximum absolute atomic E-state index is 11.8. The second-order valence-corrected chi connectivity index (χ2v) is 5.85. The van der Waals surface area contributed by atoms with Crippen molar-refractivity contribution in [2.45, 2.75) is 18.9 Å². The van der Waals surface area contributed by atoms with Gasteiger partial charge in [0.15, 0.2) is 5.13 Å². The van der Waals surface area contributed by atoms with Gasteiger partial charge in [0.1, 0.15) is 5.75 Å². The number of fused-ring (bicyclic) bond motifs is 1. The summed E-state index contributed by atoms with van der Waals surface area (Å²) in [6.45, 7) is 1.32. The molecule has 0 unspecified atom stereocenters. The normalized spacial score (nSPS) is 17.9. The monoisotopic (exact) mass is 307 g/mol. The standard InChI is InChI=1S/C14H17N3O3S/c1-19-9-4-5-11-12(7-9)21-14(16-11)17-13(18)15-8-10-3-2-6-20-10/h4-5,7,10H,2-3,6,8H2,1H3,(H2,15,16,17,18)/t10-/m0/s1. The number of urea groups is 1. The van der Waals surface area contributed by atoms with Crippen LogP contribution in [0.5, 0.6) is 5.75 Å². The average molecular weight is 307 g/mol. The van der Waals surface area contributed by atoms with Crippen LogP contribution in [0.2, 0.25) is 0 Å². The quantitative estimate of drug-likeness (QED) is 0.910. The van der Waals surface area contributed by atoms with Crippen LogP contribution in [0.15, 0.2) is 18.2 Å². The van der Waals surface area contributed by atoms with Gasteiger partial charge in [-0.3, -0.25) is 5.32 Å². The SMILES string of the molecule is COc1ccc2nc(NC(=O)NC[C@@H]3CCCO3)sc2c1. The zero-order chi connectivity index (χ0) is 14.7. The van der Waals surface area contributed by atoms with Gasteiger partial charge in [0.2, 0.25) is 0 Å². The predicted molar refractivity (Wildman–Crippen MR) is 82.2 cm³/mol. The molecule has 2 amide bonds. The summed E-state index contributed by atoms with van der Waals surface area (Å²) in [5.41, 5.74) is 0.843. The molecule has 112 valence electrons. The Morgan fingerprint density at radius 3 is 3.24 bits per heavy atom. The molecule has 2 aromatic rings. The minimum Gasteiger partial charge on any atom is -0.497 e. The van der Waals surface area contributed by atoms with Crippen LogP contribution in [0, 0.1) is 0 Å². The minimum atomic E-state index is -0.253. The van der Waals surface area contributed by atoms with Crippen molar-refractivity contribution in [2.24, 2.45) is 0 Å². The summed E-state index contributed by atoms with van der Waals surface area (Å²) < 4.78 is 11.6. The van der Waals surface area contributed by atoms with Crippen molar-refractivity contribution in [1.29, 1.82) is 0 Å². The number of hydrogen-bond donors (Lipinski definition) is 2. The van der Waals surface area contributed by atoms with Crippen LogP contribution in [0.1, 0.15) is 12.8 Å². The van der Waals surface area contributed by atoms with Crippen molar-refractivity contribution in [1.82, 2.24) is 10.3 Å². The van der Waals surface area contributed by atoms with Gasteiger partial charge in [0, 0.05) is 13.2 Å². The van der Waals surface area contributed by atoms with Crippen LogP contribution < -0.4 is 15.4 Å². The third-order valence-electron chi connectivity index (χ3n) is 3.33. The van der Waals surface area contributed by atoms with E-state index in [0.717, 1.165) is 35.4 Å². The number of benzene rings is 1. The highest BCUT2D eigenvalue weighted by molar-refractivity contribution is 7.22. The van der Waals surface area contributed by atoms with E-state index in [1.165, 1.54) is 11.3 Å². The fraction of sp³-hybridized carbons (Fsp3) is 0.429. The number of aromatic nitrogens is 1. The third-order valence-corrected chi connectivity index (χ3v) is 4.26. The summed E-state index contributed by atoms with van der Waals surface area (Å²) in [6, 6.07) is 5.38. The topological polar surface area (TPSA) is 72.5 Å². The van der Waals surface area contributed by atoms with E-state index in [1.54, 1.807) is 7.11 Å². The van der Waals surface area contributed by atoms with Crippen molar-refractivity contribution in [3.63, 3.8) is 0 Å². The van der Waals surface area contributed by atoms with Gasteiger partial charge < -0.3 is 14.8 Å². The molecule has 3 rings (SSSR count). The summed E-state index contributed by atoms with van der Waals surface area (Å²) in [5, 5.41) is 6.13. The van der Waals surface area contributed by atoms with Crippen molar-refractivity contribution in [3.8, 4) is 5.75 Å². The average Bonchev–Trinajstić information content (AvgIpc) is 3.13. The Hall–Kier alpha value is -1.86. The molecule has 0 aliphatic carbocycles. The van der Waals surface area contributed by atoms with E-state index in [2.05, 4.69) is 15.6 Å². The lowest BCUT2D eigenvalue weighted by molar-refractivity contribution is 0.112. The van der Waals surface area contributed by atoms with Gasteiger partial charge in [0.25, 0.3) is 0 Å². The van der Waals surface area contributed by atoms with Gasteiger partial charge in [-0.2, -0.15) is 0 Å². The molecule has 1 saturated heterocycles. The van der Waals surface area contributed by atoms with Crippen LogP contribution in [-0.4, -0.2) is 37.4 Å². The summed E-state index contributed by atoms with van der Waals surface area (Å²) in [6.07, 6.45) is 2.20. The molecule has 1 aliphatic heterocycles. The van der Waals surface area contributed by atoms with E-state index in [-0.39, 0.29) is 12.1 Å². The van der Waals surface area contributed by atoms with Crippen molar-refractivity contribution in [3.05, 3.63) is 18.2 Å². The molecule has 1 fully saturated rings. The minimum absolute atomic E-state index is 0.135. The number of thiazole rings is 1. The Bertz CT molecular complexity index is 637. The molecule has 21 heavy (non-hydrogen) atoms. The van der Waals surface area contributed by atoms with Gasteiger partial charge in [-0.15, -0.1) is 0 Å². The summed E-state index contributed by atoms with van der Waals surface area (Å²) >= 11 is 1.42. The molecule has 6 nitrogen and oxygen atoms in total. The Kier molecular flexibility index (Phi) is 4.21. The summed E-state index contributed by atoms with van der Waals surface area (Å²) in [7, 11) is 1.62. The number of amides is 2. The highest BCUT2D eigenvalue weighted by Crippen LogP contribution is 2.29. The first-order valence-electron chi connectivity index (χ1n) is 6.85. The van der Waals surface area contributed by atoms with Crippen LogP contribution >= 0.6 is 11.3 Å². The highest BCUT2D eigenvalue weighted by atomic mass is 32.1. The number of methoxy groups -OCH3 is 1. The van der Waals surface area contributed by atoms with E-state index in [9.17, 15) is 4.79 Å². The smallest absolute Gasteiger partial charge is 0.321 e. The molecule has 7 heteroatoms. The number of carbonyl (C=O) groups is 1. The number of carbonyl (C=O) groups excluding carboxylic acids is 1. The van der Waals surface area contributed by atoms with Gasteiger partial charge in [0.05, 0.1) is 23.4 Å². The zero-order valence-electron chi connectivity index (χ0n) is 11.7. The van der Waals surface area contributed by atoms with Gasteiger partial charge >= 0.3 is 6.03 Å². The highest BCUT2D eigenvalue weighted by Gasteiger charge is 2.16. The molecule has 1 aromatic carbocycles. The first kappa shape index (κ1) is 14.1. The van der Waals surface area contributed by atoms with Crippen molar-refractivity contribution >= 4 is 32.7 Å². The van der Waals surface area contributed by atoms with Gasteiger partial charge in [-0.1, -0.05) is 11.3 Å². The third kappa shape index (κ3) is 3.43. The number of hydrogen-bond acceptors (Lipinski definition) is 5. The zero-order valence-corrected chi connectivity index (χ0v) is 12.5. The number of ether oxygens (including phenoxy) is 2. The van der Waals surface area contributed by atoms with E-state index in [1.807, 2.05) is 18.2 Å². The largest absolute Gasteiger partial charge is 0.497 e. The Balaban J connectivity index is 1.59. The first-order valence-corrected chi connectivity index (χ1v) is 7.67. The molecule has 0 spiro atoms. The van der Waals surface area contributed by atoms with E-state index in [0.29, 0.717) is 11.7 Å². The fourth-order valence-electron chi connectivity index (χ4n) is 2.24. The fourth-order valence-corrected chi connectivity index (χ4v) is 3.13. The summed E-state index contributed by atoms with van der Waals surface area (Å²) in [4.78, 5) is 16.2. The lowest BCUT2D eigenvalue weighted by Crippen LogP contribution is -2.34. The molecule has 1 aliphatic rings. The molecular weight excluding hydrogens is 290 g/mol. The number of rotatable bonds is 4. The number of anilines is 1. The van der Waals surface area contributed by atoms with Crippen LogP contribution in [-0.2, 0) is 4.74 Å². The maximum atomic E-state index is 11.8. The Morgan fingerprint density at radius 1 is 1.57 bits per heavy atom. The van der Waals surface area contributed by atoms with E-state index in [4.69, 9.17) is 9.47 Å². The molecule has 1 atom stereocenters. The Labute approximate surface area is 126 Å². The van der Waals surface area contributed by atoms with Gasteiger partial charge in [-0.25, -0.2) is 9.78 Å². The molecule has 0 bridgehead atoms. The first-order chi connectivity index (χ1) is 10.2. The van der Waals surface area contributed by atoms with Gasteiger partial charge in [-0.05, 0) is 31.0 Å². The van der Waals surface area contributed by atoms with Crippen LogP contribution in [0.3, 0.4) is 0 Å². The summed E-state index contributed by atoms with van der Waals surface area (Å²) in [5.74, 6) is 0.778. The second-order valence-electron chi connectivity index (χ2n) is 4.82. The predicted octanol–water partition coefficient (Wildman–Crippen LogP) is 2.61. The molecule has 1 aromatic heterocycles. The van der Waals surface area contributed by atoms with Crippen LogP contribution in [0.4, 0.5) is 9.93 Å². The maximum Gasteiger partial charge on any atom is 0.321 e. The molecule has 0 radical (unpaired) electrons. The van der Waals surface area contributed by atoms with E-state index < -0.39 is 0 Å². The molecule has 2 N–H and O–H groups in total. The lowest BCUT2D eigenvalue weighted by atomic mass is 10.2. The number of nitrogens with one attached hydrogen (secondary N) is 2. The second kappa shape index (κ2) is 6.28. The van der Waals surface area contributed by atoms with E-state index >= 15 is 0 Å². The Morgan fingerprint density at radius 2 is 2.48 bits per heavy atom. The molecule has 0 saturated carbocycles. The van der Waals surface area contributed by atoms with Crippen LogP contribution in [0.25, 0.3) is 10.2 Å². The lowest BCUT2D eigenvalue weighted by Gasteiger charge is -2.10. The molecular formula is C14H17N3O3S. The number of nitrogens with zero attached hydrogens (tertiary/aromatic N) is 1. The van der Waals surface area contributed by atoms with Crippen molar-refractivity contribution < 1.29 is 14.3 Å². The van der Waals surface area contributed by atoms with Crippen molar-refractivity contribution in [2.75, 3.05) is 25.6 Å². The molecule has 2 heterocycles.